The smallest absolute Gasteiger partial charge is 0.268 e. The van der Waals surface area contributed by atoms with Crippen molar-refractivity contribution >= 4 is 11.6 Å². The van der Waals surface area contributed by atoms with E-state index in [9.17, 15) is 4.79 Å². The minimum Gasteiger partial charge on any atom is -0.362 e. The molecule has 1 aliphatic carbocycles. The van der Waals surface area contributed by atoms with E-state index in [1.54, 1.807) is 0 Å². The molecule has 5 rings (SSSR count). The molecule has 2 unspecified atom stereocenters. The van der Waals surface area contributed by atoms with Crippen molar-refractivity contribution in [3.05, 3.63) is 83.6 Å². The third-order valence-corrected chi connectivity index (χ3v) is 4.92. The fraction of sp³-hybridized carbons (Fsp3) is 0.158. The summed E-state index contributed by atoms with van der Waals surface area (Å²) in [5.74, 6) is 0.198. The maximum absolute atomic E-state index is 12.4. The Morgan fingerprint density at radius 1 is 1.12 bits per heavy atom. The van der Waals surface area contributed by atoms with Crippen molar-refractivity contribution in [3.63, 3.8) is 0 Å². The van der Waals surface area contributed by atoms with Crippen LogP contribution in [0.4, 0.5) is 0 Å². The van der Waals surface area contributed by atoms with Gasteiger partial charge in [-0.1, -0.05) is 24.3 Å². The van der Waals surface area contributed by atoms with Gasteiger partial charge in [0.2, 0.25) is 0 Å². The highest BCUT2D eigenvalue weighted by molar-refractivity contribution is 5.96. The topological polar surface area (TPSA) is 57.3 Å². The molecule has 3 heterocycles. The average Bonchev–Trinajstić information content (AvgIpc) is 3.21. The highest BCUT2D eigenvalue weighted by Crippen LogP contribution is 2.46. The van der Waals surface area contributed by atoms with E-state index >= 15 is 0 Å². The second-order valence-corrected chi connectivity index (χ2v) is 6.24. The van der Waals surface area contributed by atoms with E-state index in [1.807, 2.05) is 30.9 Å². The second-order valence-electron chi connectivity index (χ2n) is 6.24. The van der Waals surface area contributed by atoms with Crippen LogP contribution in [0.3, 0.4) is 0 Å². The molecule has 0 radical (unpaired) electrons. The molecule has 118 valence electrons. The van der Waals surface area contributed by atoms with Crippen molar-refractivity contribution in [2.75, 3.05) is 0 Å². The molecule has 0 fully saturated rings. The molecule has 0 spiro atoms. The van der Waals surface area contributed by atoms with Crippen molar-refractivity contribution in [3.8, 4) is 0 Å². The zero-order valence-corrected chi connectivity index (χ0v) is 12.9. The molecule has 5 nitrogen and oxygen atoms in total. The standard InChI is InChI=1S/C19H16N4O/c24-19-18-21-9-10-23(18)17-15(11-12-5-7-20-8-6-12)13-3-1-2-4-14(13)16(17)22-19/h1-10,15,18,21H,11H2,(H,22,24). The highest BCUT2D eigenvalue weighted by atomic mass is 16.2. The average molecular weight is 316 g/mol. The van der Waals surface area contributed by atoms with Gasteiger partial charge in [-0.2, -0.15) is 0 Å². The Bertz CT molecular complexity index is 887. The SMILES string of the molecule is O=C1NC2=C(C(Cc3ccncc3)c3ccccc32)N2C=CNC12. The molecule has 0 bridgehead atoms. The fourth-order valence-corrected chi connectivity index (χ4v) is 3.88. The van der Waals surface area contributed by atoms with E-state index in [2.05, 4.69) is 50.8 Å². The van der Waals surface area contributed by atoms with Gasteiger partial charge in [0.25, 0.3) is 5.91 Å². The van der Waals surface area contributed by atoms with Gasteiger partial charge in [0.15, 0.2) is 6.17 Å². The Hall–Kier alpha value is -3.08. The van der Waals surface area contributed by atoms with Crippen molar-refractivity contribution < 1.29 is 4.79 Å². The first kappa shape index (κ1) is 13.4. The Balaban J connectivity index is 1.65. The highest BCUT2D eigenvalue weighted by Gasteiger charge is 2.43. The maximum Gasteiger partial charge on any atom is 0.268 e. The Morgan fingerprint density at radius 2 is 1.96 bits per heavy atom. The molecule has 1 aromatic heterocycles. The first-order valence-electron chi connectivity index (χ1n) is 8.07. The molecule has 1 amide bonds. The predicted octanol–water partition coefficient (Wildman–Crippen LogP) is 1.92. The summed E-state index contributed by atoms with van der Waals surface area (Å²) in [5.41, 5.74) is 5.74. The van der Waals surface area contributed by atoms with Crippen molar-refractivity contribution in [2.24, 2.45) is 0 Å². The summed E-state index contributed by atoms with van der Waals surface area (Å²) in [6, 6.07) is 12.4. The number of pyridine rings is 1. The van der Waals surface area contributed by atoms with Crippen molar-refractivity contribution in [2.45, 2.75) is 18.5 Å². The van der Waals surface area contributed by atoms with Crippen LogP contribution < -0.4 is 10.6 Å². The molecule has 2 N–H and O–H groups in total. The summed E-state index contributed by atoms with van der Waals surface area (Å²) in [4.78, 5) is 18.6. The lowest BCUT2D eigenvalue weighted by Gasteiger charge is -2.34. The molecule has 5 heteroatoms. The van der Waals surface area contributed by atoms with Gasteiger partial charge in [-0.3, -0.25) is 9.78 Å². The third-order valence-electron chi connectivity index (χ3n) is 4.92. The van der Waals surface area contributed by atoms with Crippen LogP contribution in [0.2, 0.25) is 0 Å². The molecule has 0 saturated heterocycles. The summed E-state index contributed by atoms with van der Waals surface area (Å²) in [5, 5.41) is 6.23. The lowest BCUT2D eigenvalue weighted by molar-refractivity contribution is -0.124. The predicted molar refractivity (Wildman–Crippen MR) is 90.1 cm³/mol. The molecule has 2 aromatic rings. The number of carbonyl (C=O) groups is 1. The van der Waals surface area contributed by atoms with Gasteiger partial charge < -0.3 is 15.5 Å². The summed E-state index contributed by atoms with van der Waals surface area (Å²) in [6.45, 7) is 0. The van der Waals surface area contributed by atoms with Crippen LogP contribution in [0.1, 0.15) is 22.6 Å². The normalized spacial score (nSPS) is 23.5. The zero-order valence-electron chi connectivity index (χ0n) is 12.9. The largest absolute Gasteiger partial charge is 0.362 e. The monoisotopic (exact) mass is 316 g/mol. The number of amides is 1. The van der Waals surface area contributed by atoms with Gasteiger partial charge in [0.05, 0.1) is 11.4 Å². The van der Waals surface area contributed by atoms with E-state index in [0.29, 0.717) is 0 Å². The number of allylic oxidation sites excluding steroid dienone is 1. The van der Waals surface area contributed by atoms with Crippen LogP contribution in [0.25, 0.3) is 5.70 Å². The van der Waals surface area contributed by atoms with Crippen LogP contribution in [-0.2, 0) is 11.2 Å². The first-order chi connectivity index (χ1) is 11.8. The van der Waals surface area contributed by atoms with E-state index in [1.165, 1.54) is 16.8 Å². The number of aromatic nitrogens is 1. The fourth-order valence-electron chi connectivity index (χ4n) is 3.88. The molecule has 24 heavy (non-hydrogen) atoms. The van der Waals surface area contributed by atoms with E-state index in [4.69, 9.17) is 0 Å². The Labute approximate surface area is 139 Å². The molecule has 2 aliphatic heterocycles. The van der Waals surface area contributed by atoms with Crippen LogP contribution in [0.15, 0.2) is 66.9 Å². The summed E-state index contributed by atoms with van der Waals surface area (Å²) >= 11 is 0. The van der Waals surface area contributed by atoms with Gasteiger partial charge in [0.1, 0.15) is 0 Å². The third kappa shape index (κ3) is 1.81. The number of rotatable bonds is 2. The number of carbonyl (C=O) groups excluding carboxylic acids is 1. The number of fused-ring (bicyclic) bond motifs is 4. The van der Waals surface area contributed by atoms with E-state index in [0.717, 1.165) is 17.7 Å². The number of nitrogens with one attached hydrogen (secondary N) is 2. The lowest BCUT2D eigenvalue weighted by atomic mass is 9.91. The summed E-state index contributed by atoms with van der Waals surface area (Å²) in [7, 11) is 0. The Morgan fingerprint density at radius 3 is 2.83 bits per heavy atom. The van der Waals surface area contributed by atoms with Gasteiger partial charge >= 0.3 is 0 Å². The van der Waals surface area contributed by atoms with Crippen LogP contribution in [0, 0.1) is 0 Å². The Kier molecular flexibility index (Phi) is 2.76. The zero-order chi connectivity index (χ0) is 16.1. The number of hydrogen-bond donors (Lipinski definition) is 2. The number of nitrogens with zero attached hydrogens (tertiary/aromatic N) is 2. The maximum atomic E-state index is 12.4. The van der Waals surface area contributed by atoms with Gasteiger partial charge in [-0.25, -0.2) is 0 Å². The molecule has 3 aliphatic rings. The van der Waals surface area contributed by atoms with Crippen molar-refractivity contribution in [1.29, 1.82) is 0 Å². The summed E-state index contributed by atoms with van der Waals surface area (Å²) in [6.07, 6.45) is 7.99. The van der Waals surface area contributed by atoms with Crippen LogP contribution >= 0.6 is 0 Å². The van der Waals surface area contributed by atoms with Crippen LogP contribution in [-0.4, -0.2) is 22.0 Å². The summed E-state index contributed by atoms with van der Waals surface area (Å²) < 4.78 is 0. The lowest BCUT2D eigenvalue weighted by Crippen LogP contribution is -2.52. The molecule has 0 saturated carbocycles. The van der Waals surface area contributed by atoms with Gasteiger partial charge in [-0.15, -0.1) is 0 Å². The number of hydrogen-bond acceptors (Lipinski definition) is 4. The van der Waals surface area contributed by atoms with Crippen molar-refractivity contribution in [1.82, 2.24) is 20.5 Å². The number of benzene rings is 1. The van der Waals surface area contributed by atoms with E-state index in [-0.39, 0.29) is 18.0 Å². The molecular weight excluding hydrogens is 300 g/mol. The first-order valence-corrected chi connectivity index (χ1v) is 8.07. The molecule has 2 atom stereocenters. The second kappa shape index (κ2) is 4.96. The quantitative estimate of drug-likeness (QED) is 0.889. The van der Waals surface area contributed by atoms with Gasteiger partial charge in [0, 0.05) is 36.3 Å². The minimum atomic E-state index is -0.349. The molecule has 1 aromatic carbocycles. The van der Waals surface area contributed by atoms with Gasteiger partial charge in [-0.05, 0) is 29.7 Å². The molecular formula is C19H16N4O. The van der Waals surface area contributed by atoms with E-state index < -0.39 is 0 Å². The minimum absolute atomic E-state index is 0.0156. The van der Waals surface area contributed by atoms with Crippen LogP contribution in [0.5, 0.6) is 0 Å².